The molecule has 5 aliphatic carbocycles. The molecule has 4 bridgehead atoms. The van der Waals surface area contributed by atoms with E-state index in [4.69, 9.17) is 9.47 Å². The molecule has 5 saturated carbocycles. The number of rotatable bonds is 5. The van der Waals surface area contributed by atoms with Gasteiger partial charge in [0.05, 0.1) is 22.8 Å². The molecule has 1 aromatic rings. The predicted molar refractivity (Wildman–Crippen MR) is 175 cm³/mol. The van der Waals surface area contributed by atoms with Gasteiger partial charge in [0.25, 0.3) is 0 Å². The normalized spacial score (nSPS) is 41.9. The molecule has 1 aromatic carbocycles. The van der Waals surface area contributed by atoms with E-state index < -0.39 is 79.7 Å². The zero-order chi connectivity index (χ0) is 34.8. The molecule has 11 heteroatoms. The second kappa shape index (κ2) is 10.8. The van der Waals surface area contributed by atoms with Gasteiger partial charge in [-0.2, -0.15) is 0 Å². The van der Waals surface area contributed by atoms with Gasteiger partial charge < -0.3 is 19.7 Å². The number of hydrogen-bond donors (Lipinski definition) is 3. The Balaban J connectivity index is 1.10. The number of nitrogens with one attached hydrogen (secondary N) is 1. The summed E-state index contributed by atoms with van der Waals surface area (Å²) in [5.41, 5.74) is -2.36. The van der Waals surface area contributed by atoms with Crippen LogP contribution >= 0.6 is 0 Å². The van der Waals surface area contributed by atoms with E-state index in [1.165, 1.54) is 0 Å². The highest BCUT2D eigenvalue weighted by molar-refractivity contribution is 7.89. The van der Waals surface area contributed by atoms with Gasteiger partial charge in [-0.1, -0.05) is 53.3 Å². The fourth-order valence-electron chi connectivity index (χ4n) is 10.9. The van der Waals surface area contributed by atoms with Gasteiger partial charge in [-0.3, -0.25) is 14.4 Å². The van der Waals surface area contributed by atoms with E-state index in [0.29, 0.717) is 44.9 Å². The number of esters is 1. The van der Waals surface area contributed by atoms with Crippen molar-refractivity contribution in [3.05, 3.63) is 42.0 Å². The summed E-state index contributed by atoms with van der Waals surface area (Å²) in [7, 11) is -3.76. The number of aliphatic hydroxyl groups is 2. The summed E-state index contributed by atoms with van der Waals surface area (Å²) in [6, 6.07) is 6.52. The largest absolute Gasteiger partial charge is 0.460 e. The first kappa shape index (κ1) is 34.0. The topological polar surface area (TPSA) is 156 Å². The molecule has 2 aliphatic heterocycles. The van der Waals surface area contributed by atoms with Gasteiger partial charge in [-0.15, -0.1) is 0 Å². The van der Waals surface area contributed by atoms with E-state index in [9.17, 15) is 33.0 Å². The molecule has 3 N–H and O–H groups in total. The van der Waals surface area contributed by atoms with E-state index in [2.05, 4.69) is 32.1 Å². The number of ketones is 2. The van der Waals surface area contributed by atoms with Crippen molar-refractivity contribution < 1.29 is 42.5 Å². The monoisotopic (exact) mass is 683 g/mol. The maximum atomic E-state index is 14.3. The summed E-state index contributed by atoms with van der Waals surface area (Å²) in [5, 5.41) is 24.3. The van der Waals surface area contributed by atoms with Gasteiger partial charge in [0.2, 0.25) is 15.8 Å². The van der Waals surface area contributed by atoms with Crippen LogP contribution in [0.4, 0.5) is 0 Å². The maximum absolute atomic E-state index is 14.3. The molecule has 2 spiro atoms. The molecule has 8 rings (SSSR count). The van der Waals surface area contributed by atoms with Crippen LogP contribution in [0.1, 0.15) is 91.5 Å². The second-order valence-corrected chi connectivity index (χ2v) is 18.8. The Morgan fingerprint density at radius 1 is 1.04 bits per heavy atom. The van der Waals surface area contributed by atoms with Crippen LogP contribution in [-0.4, -0.2) is 66.8 Å². The van der Waals surface area contributed by atoms with Crippen LogP contribution in [0.25, 0.3) is 0 Å². The molecule has 48 heavy (non-hydrogen) atoms. The summed E-state index contributed by atoms with van der Waals surface area (Å²) in [6.45, 7) is 14.2. The summed E-state index contributed by atoms with van der Waals surface area (Å²) in [5.74, 6) is -5.84. The number of carbonyl (C=O) groups is 3. The van der Waals surface area contributed by atoms with Crippen molar-refractivity contribution in [3.8, 4) is 0 Å². The Bertz CT molecular complexity index is 1670. The molecule has 262 valence electrons. The van der Waals surface area contributed by atoms with E-state index in [-0.39, 0.29) is 40.7 Å². The van der Waals surface area contributed by atoms with E-state index in [1.54, 1.807) is 12.1 Å². The van der Waals surface area contributed by atoms with Crippen LogP contribution in [0.2, 0.25) is 0 Å². The molecule has 0 aromatic heterocycles. The molecule has 2 heterocycles. The fraction of sp³-hybridized carbons (Fsp3) is 0.703. The summed E-state index contributed by atoms with van der Waals surface area (Å²) in [4.78, 5) is 42.4. The third kappa shape index (κ3) is 4.42. The van der Waals surface area contributed by atoms with Crippen molar-refractivity contribution in [1.29, 1.82) is 0 Å². The van der Waals surface area contributed by atoms with Crippen LogP contribution in [-0.2, 0) is 39.3 Å². The summed E-state index contributed by atoms with van der Waals surface area (Å²) in [6.07, 6.45) is 0.673. The highest BCUT2D eigenvalue weighted by Crippen LogP contribution is 2.76. The zero-order valence-electron chi connectivity index (χ0n) is 28.6. The molecule has 0 amide bonds. The number of fused-ring (bicyclic) bond motifs is 2. The third-order valence-corrected chi connectivity index (χ3v) is 14.8. The van der Waals surface area contributed by atoms with Crippen molar-refractivity contribution >= 4 is 27.6 Å². The molecule has 0 unspecified atom stereocenters. The molecule has 2 saturated heterocycles. The minimum Gasteiger partial charge on any atom is -0.460 e. The highest BCUT2D eigenvalue weighted by atomic mass is 32.2. The minimum atomic E-state index is -3.76. The molecule has 7 aliphatic rings. The van der Waals surface area contributed by atoms with Gasteiger partial charge >= 0.3 is 5.97 Å². The Morgan fingerprint density at radius 2 is 1.69 bits per heavy atom. The fourth-order valence-corrected chi connectivity index (χ4v) is 12.2. The molecule has 7 fully saturated rings. The van der Waals surface area contributed by atoms with Crippen LogP contribution in [0, 0.1) is 39.9 Å². The lowest BCUT2D eigenvalue weighted by Gasteiger charge is -2.73. The number of Topliss-reactive ketones (excluding diaryl/α,β-unsaturated/α-hetero) is 2. The first-order chi connectivity index (χ1) is 22.3. The van der Waals surface area contributed by atoms with Crippen molar-refractivity contribution in [2.24, 2.45) is 39.9 Å². The van der Waals surface area contributed by atoms with Crippen molar-refractivity contribution in [2.45, 2.75) is 120 Å². The van der Waals surface area contributed by atoms with Gasteiger partial charge in [-0.05, 0) is 85.0 Å². The zero-order valence-corrected chi connectivity index (χ0v) is 29.4. The number of aliphatic hydroxyl groups excluding tert-OH is 1. The predicted octanol–water partition coefficient (Wildman–Crippen LogP) is 3.97. The lowest BCUT2D eigenvalue weighted by atomic mass is 9.36. The highest BCUT2D eigenvalue weighted by Gasteiger charge is 2.88. The lowest BCUT2D eigenvalue weighted by Crippen LogP contribution is -2.85. The Morgan fingerprint density at radius 3 is 2.31 bits per heavy atom. The van der Waals surface area contributed by atoms with Crippen molar-refractivity contribution in [3.63, 3.8) is 0 Å². The van der Waals surface area contributed by atoms with Crippen LogP contribution in [0.3, 0.4) is 0 Å². The lowest BCUT2D eigenvalue weighted by molar-refractivity contribution is -0.437. The van der Waals surface area contributed by atoms with Crippen LogP contribution < -0.4 is 4.72 Å². The Hall–Kier alpha value is -2.44. The van der Waals surface area contributed by atoms with Gasteiger partial charge in [0.1, 0.15) is 23.4 Å². The molecule has 8 atom stereocenters. The quantitative estimate of drug-likeness (QED) is 0.309. The number of ether oxygens (including phenoxy) is 2. The van der Waals surface area contributed by atoms with Gasteiger partial charge in [0, 0.05) is 24.3 Å². The minimum absolute atomic E-state index is 0.0724. The van der Waals surface area contributed by atoms with Crippen LogP contribution in [0.5, 0.6) is 0 Å². The summed E-state index contributed by atoms with van der Waals surface area (Å²) < 4.78 is 41.5. The Labute approximate surface area is 283 Å². The number of carbonyl (C=O) groups excluding carboxylic acids is 3. The van der Waals surface area contributed by atoms with Crippen molar-refractivity contribution in [1.82, 2.24) is 4.72 Å². The number of hydrogen-bond acceptors (Lipinski definition) is 9. The molecule has 0 radical (unpaired) electrons. The number of sulfonamides is 1. The average molecular weight is 684 g/mol. The average Bonchev–Trinajstić information content (AvgIpc) is 3.13. The van der Waals surface area contributed by atoms with E-state index in [0.717, 1.165) is 5.56 Å². The van der Waals surface area contributed by atoms with Gasteiger partial charge in [0.15, 0.2) is 5.78 Å². The smallest absolute Gasteiger partial charge is 0.309 e. The molecular formula is C37H49NO9S. The van der Waals surface area contributed by atoms with Crippen molar-refractivity contribution in [2.75, 3.05) is 6.61 Å². The number of benzene rings is 1. The first-order valence-corrected chi connectivity index (χ1v) is 19.0. The summed E-state index contributed by atoms with van der Waals surface area (Å²) >= 11 is 0. The second-order valence-electron chi connectivity index (χ2n) is 17.1. The van der Waals surface area contributed by atoms with Gasteiger partial charge in [-0.25, -0.2) is 13.1 Å². The van der Waals surface area contributed by atoms with Crippen LogP contribution in [0.15, 0.2) is 41.3 Å². The SMILES string of the molecule is C=C1C(=O)[C@]23[C@H](OC(=O)C4CCC(NS(=O)(=O)c5ccc(C(C)(C)C)cc5)CC4)[C@H]1CC[C@H]2[C@@]12CO[C@]3(O)[C@@H](O)[C@@H]1C(C)(C)CCC2=O. The van der Waals surface area contributed by atoms with E-state index in [1.807, 2.05) is 26.0 Å². The molecule has 10 nitrogen and oxygen atoms in total. The first-order valence-electron chi connectivity index (χ1n) is 17.5. The Kier molecular flexibility index (Phi) is 7.64. The maximum Gasteiger partial charge on any atom is 0.309 e. The molecular weight excluding hydrogens is 634 g/mol. The third-order valence-electron chi connectivity index (χ3n) is 13.3. The van der Waals surface area contributed by atoms with E-state index >= 15 is 0 Å². The standard InChI is InChI=1S/C37H49NO9S/c1-20-25-15-16-26-35-19-46-37(43,30(41)28(35)34(5,6)18-17-27(35)39)36(26,29(20)40)31(25)47-32(42)21-7-11-23(12-8-21)38-48(44,45)24-13-9-22(10-14-24)33(2,3)4/h9-10,13-14,21,23,25-26,28,30-31,38,41,43H,1,7-8,11-12,15-19H2,2-6H3/t21?,23?,25-,26-,28+,30-,31+,35+,36-,37+/m0/s1.